The Kier molecular flexibility index (Phi) is 6.29. The summed E-state index contributed by atoms with van der Waals surface area (Å²) in [6, 6.07) is 15.5. The molecule has 0 spiro atoms. The highest BCUT2D eigenvalue weighted by Crippen LogP contribution is 2.18. The van der Waals surface area contributed by atoms with Gasteiger partial charge in [0.1, 0.15) is 18.1 Å². The van der Waals surface area contributed by atoms with Gasteiger partial charge < -0.3 is 19.3 Å². The van der Waals surface area contributed by atoms with E-state index in [0.29, 0.717) is 29.4 Å². The Hall–Kier alpha value is -3.61. The number of esters is 1. The number of aryl methyl sites for hydroxylation is 2. The van der Waals surface area contributed by atoms with Crippen LogP contribution < -0.4 is 10.1 Å². The van der Waals surface area contributed by atoms with Gasteiger partial charge in [-0.1, -0.05) is 23.4 Å². The summed E-state index contributed by atoms with van der Waals surface area (Å²) >= 11 is 0. The molecule has 0 fully saturated rings. The maximum Gasteiger partial charge on any atom is 0.338 e. The smallest absolute Gasteiger partial charge is 0.338 e. The number of hydrogen-bond acceptors (Lipinski definition) is 6. The van der Waals surface area contributed by atoms with E-state index in [9.17, 15) is 9.59 Å². The largest absolute Gasteiger partial charge is 0.489 e. The number of ether oxygens (including phenoxy) is 2. The molecule has 2 aromatic carbocycles. The van der Waals surface area contributed by atoms with Crippen molar-refractivity contribution >= 4 is 17.6 Å². The summed E-state index contributed by atoms with van der Waals surface area (Å²) in [6.07, 6.45) is -0.932. The van der Waals surface area contributed by atoms with E-state index < -0.39 is 18.0 Å². The van der Waals surface area contributed by atoms with Crippen molar-refractivity contribution in [1.82, 2.24) is 5.16 Å². The summed E-state index contributed by atoms with van der Waals surface area (Å²) in [4.78, 5) is 24.5. The first-order valence-corrected chi connectivity index (χ1v) is 9.15. The number of rotatable bonds is 7. The summed E-state index contributed by atoms with van der Waals surface area (Å²) in [5, 5.41) is 6.58. The monoisotopic (exact) mass is 394 g/mol. The fourth-order valence-electron chi connectivity index (χ4n) is 2.60. The number of carbonyl (C=O) groups is 2. The predicted octanol–water partition coefficient (Wildman–Crippen LogP) is 4.05. The van der Waals surface area contributed by atoms with Gasteiger partial charge in [0.05, 0.1) is 16.8 Å². The highest BCUT2D eigenvalue weighted by molar-refractivity contribution is 5.97. The minimum atomic E-state index is -0.932. The molecule has 1 amide bonds. The molecule has 7 heteroatoms. The Balaban J connectivity index is 1.53. The number of anilines is 1. The Morgan fingerprint density at radius 2 is 1.76 bits per heavy atom. The quantitative estimate of drug-likeness (QED) is 0.608. The molecule has 0 aliphatic carbocycles. The van der Waals surface area contributed by atoms with E-state index >= 15 is 0 Å². The standard InChI is InChI=1S/C22H22N2O5/c1-14-20(15(2)29-24-14)13-27-19-11-9-17(10-12-19)22(26)28-16(3)21(25)23-18-7-5-4-6-8-18/h4-12,16H,13H2,1-3H3,(H,23,25). The van der Waals surface area contributed by atoms with Gasteiger partial charge in [-0.2, -0.15) is 0 Å². The molecule has 1 heterocycles. The zero-order chi connectivity index (χ0) is 20.8. The number of carbonyl (C=O) groups excluding carboxylic acids is 2. The summed E-state index contributed by atoms with van der Waals surface area (Å²) in [5.41, 5.74) is 2.64. The van der Waals surface area contributed by atoms with Crippen LogP contribution >= 0.6 is 0 Å². The van der Waals surface area contributed by atoms with Crippen molar-refractivity contribution in [3.8, 4) is 5.75 Å². The number of benzene rings is 2. The average molecular weight is 394 g/mol. The number of aromatic nitrogens is 1. The first-order chi connectivity index (χ1) is 13.9. The van der Waals surface area contributed by atoms with E-state index in [2.05, 4.69) is 10.5 Å². The van der Waals surface area contributed by atoms with Crippen LogP contribution in [0, 0.1) is 13.8 Å². The molecule has 0 aliphatic heterocycles. The minimum Gasteiger partial charge on any atom is -0.489 e. The second kappa shape index (κ2) is 9.05. The third kappa shape index (κ3) is 5.22. The summed E-state index contributed by atoms with van der Waals surface area (Å²) in [6.45, 7) is 5.52. The lowest BCUT2D eigenvalue weighted by molar-refractivity contribution is -0.123. The van der Waals surface area contributed by atoms with Crippen LogP contribution in [0.2, 0.25) is 0 Å². The highest BCUT2D eigenvalue weighted by Gasteiger charge is 2.19. The van der Waals surface area contributed by atoms with Crippen molar-refractivity contribution in [2.24, 2.45) is 0 Å². The number of hydrogen-bond donors (Lipinski definition) is 1. The second-order valence-corrected chi connectivity index (χ2v) is 6.52. The van der Waals surface area contributed by atoms with Crippen LogP contribution in [0.25, 0.3) is 0 Å². The van der Waals surface area contributed by atoms with Crippen molar-refractivity contribution in [2.45, 2.75) is 33.5 Å². The van der Waals surface area contributed by atoms with Gasteiger partial charge >= 0.3 is 5.97 Å². The van der Waals surface area contributed by atoms with Crippen molar-refractivity contribution in [1.29, 1.82) is 0 Å². The van der Waals surface area contributed by atoms with E-state index in [0.717, 1.165) is 11.3 Å². The maximum atomic E-state index is 12.3. The molecule has 3 rings (SSSR count). The molecule has 1 aromatic heterocycles. The van der Waals surface area contributed by atoms with Crippen LogP contribution in [-0.4, -0.2) is 23.1 Å². The van der Waals surface area contributed by atoms with Crippen molar-refractivity contribution < 1.29 is 23.6 Å². The number of para-hydroxylation sites is 1. The lowest BCUT2D eigenvalue weighted by Crippen LogP contribution is -2.29. The molecule has 3 aromatic rings. The molecule has 0 aliphatic rings. The molecule has 1 atom stereocenters. The second-order valence-electron chi connectivity index (χ2n) is 6.52. The van der Waals surface area contributed by atoms with Crippen LogP contribution in [0.1, 0.15) is 34.3 Å². The van der Waals surface area contributed by atoms with E-state index in [-0.39, 0.29) is 0 Å². The van der Waals surface area contributed by atoms with E-state index in [1.54, 1.807) is 36.4 Å². The molecule has 0 saturated heterocycles. The molecule has 0 radical (unpaired) electrons. The van der Waals surface area contributed by atoms with Crippen LogP contribution in [0.4, 0.5) is 5.69 Å². The molecule has 0 bridgehead atoms. The Labute approximate surface area is 168 Å². The van der Waals surface area contributed by atoms with E-state index in [1.807, 2.05) is 32.0 Å². The summed E-state index contributed by atoms with van der Waals surface area (Å²) in [5.74, 6) is 0.323. The zero-order valence-corrected chi connectivity index (χ0v) is 16.5. The van der Waals surface area contributed by atoms with Gasteiger partial charge in [-0.25, -0.2) is 4.79 Å². The fraction of sp³-hybridized carbons (Fsp3) is 0.227. The Morgan fingerprint density at radius 3 is 2.38 bits per heavy atom. The molecular weight excluding hydrogens is 372 g/mol. The van der Waals surface area contributed by atoms with Crippen LogP contribution in [0.15, 0.2) is 59.1 Å². The molecule has 1 unspecified atom stereocenters. The van der Waals surface area contributed by atoms with E-state index in [1.165, 1.54) is 6.92 Å². The Bertz CT molecular complexity index is 961. The number of nitrogens with zero attached hydrogens (tertiary/aromatic N) is 1. The predicted molar refractivity (Wildman–Crippen MR) is 107 cm³/mol. The highest BCUT2D eigenvalue weighted by atomic mass is 16.5. The van der Waals surface area contributed by atoms with Gasteiger partial charge in [-0.05, 0) is 57.2 Å². The number of nitrogens with one attached hydrogen (secondary N) is 1. The molecule has 150 valence electrons. The fourth-order valence-corrected chi connectivity index (χ4v) is 2.60. The lowest BCUT2D eigenvalue weighted by atomic mass is 10.2. The third-order valence-electron chi connectivity index (χ3n) is 4.35. The molecule has 7 nitrogen and oxygen atoms in total. The maximum absolute atomic E-state index is 12.3. The van der Waals surface area contributed by atoms with Gasteiger partial charge in [-0.3, -0.25) is 4.79 Å². The van der Waals surface area contributed by atoms with Gasteiger partial charge in [0.2, 0.25) is 0 Å². The van der Waals surface area contributed by atoms with Gasteiger partial charge in [0.15, 0.2) is 6.10 Å². The van der Waals surface area contributed by atoms with Crippen LogP contribution in [0.3, 0.4) is 0 Å². The van der Waals surface area contributed by atoms with Gasteiger partial charge in [-0.15, -0.1) is 0 Å². The third-order valence-corrected chi connectivity index (χ3v) is 4.35. The molecule has 0 saturated carbocycles. The van der Waals surface area contributed by atoms with Crippen molar-refractivity contribution in [3.05, 3.63) is 77.2 Å². The van der Waals surface area contributed by atoms with Crippen LogP contribution in [-0.2, 0) is 16.1 Å². The first-order valence-electron chi connectivity index (χ1n) is 9.15. The normalized spacial score (nSPS) is 11.6. The Morgan fingerprint density at radius 1 is 1.07 bits per heavy atom. The average Bonchev–Trinajstić information content (AvgIpc) is 3.05. The van der Waals surface area contributed by atoms with E-state index in [4.69, 9.17) is 14.0 Å². The van der Waals surface area contributed by atoms with Gasteiger partial charge in [0.25, 0.3) is 5.91 Å². The molecular formula is C22H22N2O5. The molecule has 29 heavy (non-hydrogen) atoms. The van der Waals surface area contributed by atoms with Crippen molar-refractivity contribution in [2.75, 3.05) is 5.32 Å². The molecule has 1 N–H and O–H groups in total. The zero-order valence-electron chi connectivity index (χ0n) is 16.5. The summed E-state index contributed by atoms with van der Waals surface area (Å²) < 4.78 is 16.1. The first kappa shape index (κ1) is 20.1. The summed E-state index contributed by atoms with van der Waals surface area (Å²) in [7, 11) is 0. The topological polar surface area (TPSA) is 90.7 Å². The number of amides is 1. The van der Waals surface area contributed by atoms with Gasteiger partial charge in [0, 0.05) is 5.69 Å². The van der Waals surface area contributed by atoms with Crippen LogP contribution in [0.5, 0.6) is 5.75 Å². The lowest BCUT2D eigenvalue weighted by Gasteiger charge is -2.14. The minimum absolute atomic E-state index is 0.321. The van der Waals surface area contributed by atoms with Crippen molar-refractivity contribution in [3.63, 3.8) is 0 Å². The SMILES string of the molecule is Cc1noc(C)c1COc1ccc(C(=O)OC(C)C(=O)Nc2ccccc2)cc1.